The minimum Gasteiger partial charge on any atom is -0.350 e. The molecule has 0 aliphatic heterocycles. The highest BCUT2D eigenvalue weighted by molar-refractivity contribution is 5.31. The normalized spacial score (nSPS) is 10.3. The van der Waals surface area contributed by atoms with E-state index in [9.17, 15) is 0 Å². The van der Waals surface area contributed by atoms with E-state index in [2.05, 4.69) is 27.2 Å². The number of aryl methyl sites for hydroxylation is 3. The Morgan fingerprint density at radius 1 is 1.12 bits per heavy atom. The molecular formula is C13H16N4. The zero-order valence-electron chi connectivity index (χ0n) is 10.4. The minimum absolute atomic E-state index is 0.672. The molecule has 0 aromatic carbocycles. The average Bonchev–Trinajstić information content (AvgIpc) is 2.27. The predicted octanol–water partition coefficient (Wildman–Crippen LogP) is 2.41. The van der Waals surface area contributed by atoms with Crippen LogP contribution in [0, 0.1) is 20.8 Å². The summed E-state index contributed by atoms with van der Waals surface area (Å²) in [5.74, 6) is 0.672. The van der Waals surface area contributed by atoms with E-state index < -0.39 is 0 Å². The second-order valence-electron chi connectivity index (χ2n) is 4.13. The monoisotopic (exact) mass is 228 g/mol. The molecule has 0 saturated heterocycles. The van der Waals surface area contributed by atoms with E-state index in [1.165, 1.54) is 5.56 Å². The van der Waals surface area contributed by atoms with Gasteiger partial charge in [-0.05, 0) is 44.0 Å². The van der Waals surface area contributed by atoms with Gasteiger partial charge in [-0.1, -0.05) is 0 Å². The third-order valence-electron chi connectivity index (χ3n) is 2.57. The Morgan fingerprint density at radius 3 is 2.47 bits per heavy atom. The van der Waals surface area contributed by atoms with Crippen LogP contribution in [0.1, 0.15) is 22.5 Å². The topological polar surface area (TPSA) is 50.7 Å². The smallest absolute Gasteiger partial charge is 0.223 e. The zero-order valence-corrected chi connectivity index (χ0v) is 10.4. The lowest BCUT2D eigenvalue weighted by molar-refractivity contribution is 0.990. The van der Waals surface area contributed by atoms with Gasteiger partial charge in [0.15, 0.2) is 0 Å². The Hall–Kier alpha value is -1.97. The number of nitrogens with zero attached hydrogens (tertiary/aromatic N) is 3. The molecule has 0 fully saturated rings. The molecule has 4 nitrogen and oxygen atoms in total. The van der Waals surface area contributed by atoms with E-state index in [4.69, 9.17) is 0 Å². The van der Waals surface area contributed by atoms with Gasteiger partial charge in [-0.2, -0.15) is 0 Å². The fraction of sp³-hybridized carbons (Fsp3) is 0.308. The molecule has 0 spiro atoms. The van der Waals surface area contributed by atoms with Gasteiger partial charge < -0.3 is 5.32 Å². The van der Waals surface area contributed by atoms with Crippen molar-refractivity contribution in [3.63, 3.8) is 0 Å². The van der Waals surface area contributed by atoms with Gasteiger partial charge in [0, 0.05) is 30.3 Å². The number of pyridine rings is 1. The lowest BCUT2D eigenvalue weighted by Gasteiger charge is -2.08. The fourth-order valence-corrected chi connectivity index (χ4v) is 1.66. The first-order valence-electron chi connectivity index (χ1n) is 5.61. The largest absolute Gasteiger partial charge is 0.350 e. The number of rotatable bonds is 3. The maximum absolute atomic E-state index is 4.34. The number of hydrogen-bond donors (Lipinski definition) is 1. The van der Waals surface area contributed by atoms with Crippen LogP contribution in [0.25, 0.3) is 0 Å². The van der Waals surface area contributed by atoms with E-state index in [0.29, 0.717) is 12.5 Å². The summed E-state index contributed by atoms with van der Waals surface area (Å²) < 4.78 is 0. The predicted molar refractivity (Wildman–Crippen MR) is 67.8 cm³/mol. The molecule has 0 aliphatic rings. The van der Waals surface area contributed by atoms with Gasteiger partial charge in [-0.3, -0.25) is 4.98 Å². The van der Waals surface area contributed by atoms with Gasteiger partial charge in [-0.15, -0.1) is 0 Å². The van der Waals surface area contributed by atoms with E-state index in [0.717, 1.165) is 17.0 Å². The first kappa shape index (κ1) is 11.5. The molecule has 17 heavy (non-hydrogen) atoms. The van der Waals surface area contributed by atoms with Crippen LogP contribution in [-0.4, -0.2) is 15.0 Å². The summed E-state index contributed by atoms with van der Waals surface area (Å²) in [4.78, 5) is 12.8. The van der Waals surface area contributed by atoms with E-state index >= 15 is 0 Å². The first-order chi connectivity index (χ1) is 8.15. The Morgan fingerprint density at radius 2 is 1.82 bits per heavy atom. The number of hydrogen-bond acceptors (Lipinski definition) is 4. The van der Waals surface area contributed by atoms with Gasteiger partial charge in [0.1, 0.15) is 0 Å². The molecular weight excluding hydrogens is 212 g/mol. The number of nitrogens with one attached hydrogen (secondary N) is 1. The molecule has 2 aromatic rings. The van der Waals surface area contributed by atoms with Crippen molar-refractivity contribution in [2.75, 3.05) is 5.32 Å². The molecule has 0 bridgehead atoms. The highest BCUT2D eigenvalue weighted by Gasteiger charge is 2.01. The second-order valence-corrected chi connectivity index (χ2v) is 4.13. The highest BCUT2D eigenvalue weighted by atomic mass is 15.1. The van der Waals surface area contributed by atoms with Crippen molar-refractivity contribution in [2.45, 2.75) is 27.3 Å². The molecule has 0 atom stereocenters. The minimum atomic E-state index is 0.672. The summed E-state index contributed by atoms with van der Waals surface area (Å²) >= 11 is 0. The van der Waals surface area contributed by atoms with Crippen molar-refractivity contribution >= 4 is 5.95 Å². The standard InChI is InChI=1S/C13H16N4/c1-9-4-5-14-7-12(9)8-15-13-16-10(2)6-11(3)17-13/h4-7H,8H2,1-3H3,(H,15,16,17). The third-order valence-corrected chi connectivity index (χ3v) is 2.57. The first-order valence-corrected chi connectivity index (χ1v) is 5.61. The van der Waals surface area contributed by atoms with Crippen LogP contribution >= 0.6 is 0 Å². The van der Waals surface area contributed by atoms with Gasteiger partial charge in [0.05, 0.1) is 0 Å². The SMILES string of the molecule is Cc1cc(C)nc(NCc2cnccc2C)n1. The molecule has 4 heteroatoms. The van der Waals surface area contributed by atoms with Gasteiger partial charge >= 0.3 is 0 Å². The quantitative estimate of drug-likeness (QED) is 0.876. The Balaban J connectivity index is 2.10. The summed E-state index contributed by atoms with van der Waals surface area (Å²) in [6.07, 6.45) is 3.66. The Bertz CT molecular complexity index is 502. The van der Waals surface area contributed by atoms with Crippen LogP contribution in [0.5, 0.6) is 0 Å². The maximum atomic E-state index is 4.34. The molecule has 2 rings (SSSR count). The maximum Gasteiger partial charge on any atom is 0.223 e. The van der Waals surface area contributed by atoms with Crippen molar-refractivity contribution < 1.29 is 0 Å². The molecule has 0 aliphatic carbocycles. The molecule has 2 aromatic heterocycles. The highest BCUT2D eigenvalue weighted by Crippen LogP contribution is 2.08. The van der Waals surface area contributed by atoms with Crippen LogP contribution < -0.4 is 5.32 Å². The summed E-state index contributed by atoms with van der Waals surface area (Å²) in [5.41, 5.74) is 4.33. The van der Waals surface area contributed by atoms with E-state index in [1.54, 1.807) is 6.20 Å². The van der Waals surface area contributed by atoms with E-state index in [-0.39, 0.29) is 0 Å². The van der Waals surface area contributed by atoms with Crippen LogP contribution in [0.3, 0.4) is 0 Å². The van der Waals surface area contributed by atoms with Crippen molar-refractivity contribution in [2.24, 2.45) is 0 Å². The van der Waals surface area contributed by atoms with Crippen molar-refractivity contribution in [3.8, 4) is 0 Å². The van der Waals surface area contributed by atoms with Crippen LogP contribution in [0.15, 0.2) is 24.5 Å². The van der Waals surface area contributed by atoms with Gasteiger partial charge in [-0.25, -0.2) is 9.97 Å². The molecule has 88 valence electrons. The molecule has 0 amide bonds. The van der Waals surface area contributed by atoms with Crippen molar-refractivity contribution in [1.82, 2.24) is 15.0 Å². The molecule has 0 saturated carbocycles. The van der Waals surface area contributed by atoms with Crippen LogP contribution in [-0.2, 0) is 6.54 Å². The number of aromatic nitrogens is 3. The molecule has 0 unspecified atom stereocenters. The summed E-state index contributed by atoms with van der Waals surface area (Å²) in [7, 11) is 0. The van der Waals surface area contributed by atoms with Gasteiger partial charge in [0.25, 0.3) is 0 Å². The summed E-state index contributed by atoms with van der Waals surface area (Å²) in [6, 6.07) is 3.96. The van der Waals surface area contributed by atoms with Crippen molar-refractivity contribution in [3.05, 3.63) is 47.0 Å². The lowest BCUT2D eigenvalue weighted by Crippen LogP contribution is -2.06. The Kier molecular flexibility index (Phi) is 3.32. The Labute approximate surface area is 101 Å². The molecule has 0 radical (unpaired) electrons. The van der Waals surface area contributed by atoms with E-state index in [1.807, 2.05) is 32.2 Å². The third kappa shape index (κ3) is 3.00. The van der Waals surface area contributed by atoms with Crippen molar-refractivity contribution in [1.29, 1.82) is 0 Å². The molecule has 1 N–H and O–H groups in total. The molecule has 2 heterocycles. The zero-order chi connectivity index (χ0) is 12.3. The van der Waals surface area contributed by atoms with Gasteiger partial charge in [0.2, 0.25) is 5.95 Å². The van der Waals surface area contributed by atoms with Crippen LogP contribution in [0.2, 0.25) is 0 Å². The summed E-state index contributed by atoms with van der Waals surface area (Å²) in [5, 5.41) is 3.22. The lowest BCUT2D eigenvalue weighted by atomic mass is 10.2. The fourth-order valence-electron chi connectivity index (χ4n) is 1.66. The number of anilines is 1. The second kappa shape index (κ2) is 4.91. The summed E-state index contributed by atoms with van der Waals surface area (Å²) in [6.45, 7) is 6.70. The average molecular weight is 228 g/mol. The van der Waals surface area contributed by atoms with Crippen LogP contribution in [0.4, 0.5) is 5.95 Å².